The Morgan fingerprint density at radius 1 is 1.00 bits per heavy atom. The van der Waals surface area contributed by atoms with E-state index in [0.29, 0.717) is 16.3 Å². The van der Waals surface area contributed by atoms with Crippen LogP contribution in [-0.2, 0) is 11.2 Å². The molecule has 1 aliphatic heterocycles. The van der Waals surface area contributed by atoms with E-state index in [2.05, 4.69) is 5.32 Å². The van der Waals surface area contributed by atoms with E-state index in [-0.39, 0.29) is 18.2 Å². The van der Waals surface area contributed by atoms with Gasteiger partial charge in [0.05, 0.1) is 6.42 Å². The Morgan fingerprint density at radius 2 is 1.76 bits per heavy atom. The van der Waals surface area contributed by atoms with Crippen LogP contribution in [0, 0.1) is 0 Å². The number of hydrogen-bond acceptors (Lipinski definition) is 2. The van der Waals surface area contributed by atoms with Gasteiger partial charge in [0.2, 0.25) is 5.91 Å². The fourth-order valence-corrected chi connectivity index (χ4v) is 3.23. The van der Waals surface area contributed by atoms with E-state index >= 15 is 0 Å². The third-order valence-electron chi connectivity index (χ3n) is 4.35. The first kappa shape index (κ1) is 17.5. The highest BCUT2D eigenvalue weighted by molar-refractivity contribution is 6.31. The Balaban J connectivity index is 1.66. The number of benzene rings is 2. The van der Waals surface area contributed by atoms with Gasteiger partial charge in [0, 0.05) is 29.4 Å². The van der Waals surface area contributed by atoms with Gasteiger partial charge in [-0.2, -0.15) is 0 Å². The van der Waals surface area contributed by atoms with Gasteiger partial charge in [-0.3, -0.25) is 9.59 Å². The van der Waals surface area contributed by atoms with Crippen molar-refractivity contribution in [2.45, 2.75) is 25.7 Å². The largest absolute Gasteiger partial charge is 0.339 e. The van der Waals surface area contributed by atoms with E-state index < -0.39 is 0 Å². The van der Waals surface area contributed by atoms with Gasteiger partial charge in [-0.25, -0.2) is 0 Å². The number of amides is 2. The Labute approximate surface area is 152 Å². The highest BCUT2D eigenvalue weighted by Gasteiger charge is 2.18. The number of hydrogen-bond donors (Lipinski definition) is 1. The highest BCUT2D eigenvalue weighted by Crippen LogP contribution is 2.18. The van der Waals surface area contributed by atoms with Crippen LogP contribution in [-0.4, -0.2) is 29.8 Å². The number of anilines is 1. The third-order valence-corrected chi connectivity index (χ3v) is 4.71. The molecule has 5 heteroatoms. The molecule has 3 rings (SSSR count). The highest BCUT2D eigenvalue weighted by atomic mass is 35.5. The zero-order valence-electron chi connectivity index (χ0n) is 14.0. The Morgan fingerprint density at radius 3 is 2.52 bits per heavy atom. The maximum Gasteiger partial charge on any atom is 0.253 e. The number of nitrogens with one attached hydrogen (secondary N) is 1. The second-order valence-electron chi connectivity index (χ2n) is 6.25. The Hall–Kier alpha value is -2.33. The van der Waals surface area contributed by atoms with Crippen molar-refractivity contribution in [3.63, 3.8) is 0 Å². The lowest BCUT2D eigenvalue weighted by Crippen LogP contribution is -2.35. The first-order valence-corrected chi connectivity index (χ1v) is 8.94. The number of nitrogens with zero attached hydrogens (tertiary/aromatic N) is 1. The molecule has 0 aliphatic carbocycles. The van der Waals surface area contributed by atoms with Crippen molar-refractivity contribution in [3.05, 3.63) is 64.7 Å². The van der Waals surface area contributed by atoms with Crippen molar-refractivity contribution in [1.29, 1.82) is 0 Å². The second kappa shape index (κ2) is 8.17. The summed E-state index contributed by atoms with van der Waals surface area (Å²) in [6, 6.07) is 14.4. The van der Waals surface area contributed by atoms with Crippen molar-refractivity contribution in [1.82, 2.24) is 4.90 Å². The number of likely N-dealkylation sites (tertiary alicyclic amines) is 1. The van der Waals surface area contributed by atoms with Gasteiger partial charge in [-0.15, -0.1) is 0 Å². The third kappa shape index (κ3) is 4.60. The van der Waals surface area contributed by atoms with Crippen molar-refractivity contribution < 1.29 is 9.59 Å². The van der Waals surface area contributed by atoms with Crippen molar-refractivity contribution in [2.75, 3.05) is 18.4 Å². The summed E-state index contributed by atoms with van der Waals surface area (Å²) in [5.41, 5.74) is 2.01. The summed E-state index contributed by atoms with van der Waals surface area (Å²) in [4.78, 5) is 26.7. The summed E-state index contributed by atoms with van der Waals surface area (Å²) in [6.07, 6.45) is 3.49. The van der Waals surface area contributed by atoms with Crippen LogP contribution >= 0.6 is 11.6 Å². The fourth-order valence-electron chi connectivity index (χ4n) is 3.03. The number of halogens is 1. The molecule has 1 saturated heterocycles. The predicted octanol–water partition coefficient (Wildman–Crippen LogP) is 4.15. The SMILES string of the molecule is O=C(Cc1ccccc1Cl)Nc1cccc(C(=O)N2CCCCC2)c1. The molecule has 0 unspecified atom stereocenters. The lowest BCUT2D eigenvalue weighted by atomic mass is 10.1. The van der Waals surface area contributed by atoms with Gasteiger partial charge in [0.25, 0.3) is 5.91 Å². The topological polar surface area (TPSA) is 49.4 Å². The lowest BCUT2D eigenvalue weighted by molar-refractivity contribution is -0.115. The molecule has 2 amide bonds. The van der Waals surface area contributed by atoms with Crippen LogP contribution in [0.1, 0.15) is 35.2 Å². The van der Waals surface area contributed by atoms with Crippen LogP contribution < -0.4 is 5.32 Å². The minimum atomic E-state index is -0.157. The summed E-state index contributed by atoms with van der Waals surface area (Å²) in [5.74, 6) is -0.127. The monoisotopic (exact) mass is 356 g/mol. The van der Waals surface area contributed by atoms with E-state index in [0.717, 1.165) is 31.5 Å². The molecule has 0 aromatic heterocycles. The Bertz CT molecular complexity index is 770. The molecule has 4 nitrogen and oxygen atoms in total. The summed E-state index contributed by atoms with van der Waals surface area (Å²) < 4.78 is 0. The predicted molar refractivity (Wildman–Crippen MR) is 100.0 cm³/mol. The number of carbonyl (C=O) groups is 2. The maximum atomic E-state index is 12.6. The average Bonchev–Trinajstić information content (AvgIpc) is 2.64. The molecular formula is C20H21ClN2O2. The normalized spacial score (nSPS) is 14.2. The van der Waals surface area contributed by atoms with Crippen LogP contribution in [0.4, 0.5) is 5.69 Å². The molecule has 0 radical (unpaired) electrons. The van der Waals surface area contributed by atoms with Gasteiger partial charge in [0.1, 0.15) is 0 Å². The summed E-state index contributed by atoms with van der Waals surface area (Å²) in [7, 11) is 0. The smallest absolute Gasteiger partial charge is 0.253 e. The van der Waals surface area contributed by atoms with Gasteiger partial charge >= 0.3 is 0 Å². The molecule has 25 heavy (non-hydrogen) atoms. The van der Waals surface area contributed by atoms with Gasteiger partial charge in [-0.1, -0.05) is 35.9 Å². The number of carbonyl (C=O) groups excluding carboxylic acids is 2. The van der Waals surface area contributed by atoms with Crippen LogP contribution in [0.15, 0.2) is 48.5 Å². The molecular weight excluding hydrogens is 336 g/mol. The lowest BCUT2D eigenvalue weighted by Gasteiger charge is -2.26. The van der Waals surface area contributed by atoms with Crippen LogP contribution in [0.25, 0.3) is 0 Å². The summed E-state index contributed by atoms with van der Waals surface area (Å²) in [5, 5.41) is 3.42. The zero-order chi connectivity index (χ0) is 17.6. The van der Waals surface area contributed by atoms with Gasteiger partial charge in [0.15, 0.2) is 0 Å². The van der Waals surface area contributed by atoms with E-state index in [1.54, 1.807) is 30.3 Å². The first-order chi connectivity index (χ1) is 12.1. The molecule has 2 aromatic carbocycles. The minimum absolute atomic E-state index is 0.0295. The van der Waals surface area contributed by atoms with E-state index in [1.165, 1.54) is 6.42 Å². The minimum Gasteiger partial charge on any atom is -0.339 e. The van der Waals surface area contributed by atoms with Crippen LogP contribution in [0.3, 0.4) is 0 Å². The van der Waals surface area contributed by atoms with Crippen molar-refractivity contribution in [3.8, 4) is 0 Å². The Kier molecular flexibility index (Phi) is 5.71. The zero-order valence-corrected chi connectivity index (χ0v) is 14.8. The van der Waals surface area contributed by atoms with Crippen LogP contribution in [0.5, 0.6) is 0 Å². The van der Waals surface area contributed by atoms with Gasteiger partial charge < -0.3 is 10.2 Å². The second-order valence-corrected chi connectivity index (χ2v) is 6.66. The summed E-state index contributed by atoms with van der Waals surface area (Å²) in [6.45, 7) is 1.61. The van der Waals surface area contributed by atoms with Crippen molar-refractivity contribution in [2.24, 2.45) is 0 Å². The summed E-state index contributed by atoms with van der Waals surface area (Å²) >= 11 is 6.09. The first-order valence-electron chi connectivity index (χ1n) is 8.56. The molecule has 0 bridgehead atoms. The maximum absolute atomic E-state index is 12.6. The van der Waals surface area contributed by atoms with E-state index in [4.69, 9.17) is 11.6 Å². The van der Waals surface area contributed by atoms with Crippen LogP contribution in [0.2, 0.25) is 5.02 Å². The van der Waals surface area contributed by atoms with Crippen molar-refractivity contribution >= 4 is 29.1 Å². The molecule has 1 heterocycles. The van der Waals surface area contributed by atoms with E-state index in [9.17, 15) is 9.59 Å². The van der Waals surface area contributed by atoms with Gasteiger partial charge in [-0.05, 0) is 49.1 Å². The fraction of sp³-hybridized carbons (Fsp3) is 0.300. The molecule has 130 valence electrons. The molecule has 0 atom stereocenters. The molecule has 0 saturated carbocycles. The number of rotatable bonds is 4. The molecule has 1 aliphatic rings. The van der Waals surface area contributed by atoms with E-state index in [1.807, 2.05) is 23.1 Å². The molecule has 2 aromatic rings. The standard InChI is InChI=1S/C20H21ClN2O2/c21-18-10-3-2-7-15(18)14-19(24)22-17-9-6-8-16(13-17)20(25)23-11-4-1-5-12-23/h2-3,6-10,13H,1,4-5,11-12,14H2,(H,22,24). The molecule has 1 fully saturated rings. The molecule has 0 spiro atoms. The quantitative estimate of drug-likeness (QED) is 0.894. The molecule has 1 N–H and O–H groups in total. The average molecular weight is 357 g/mol. The number of piperidine rings is 1.